The fourth-order valence-corrected chi connectivity index (χ4v) is 2.90. The summed E-state index contributed by atoms with van der Waals surface area (Å²) >= 11 is 5.99. The van der Waals surface area contributed by atoms with Crippen LogP contribution in [0, 0.1) is 0 Å². The van der Waals surface area contributed by atoms with Crippen LogP contribution < -0.4 is 10.5 Å². The summed E-state index contributed by atoms with van der Waals surface area (Å²) in [5.41, 5.74) is 5.97. The molecule has 0 atom stereocenters. The van der Waals surface area contributed by atoms with Crippen molar-refractivity contribution in [1.29, 1.82) is 0 Å². The van der Waals surface area contributed by atoms with E-state index in [2.05, 4.69) is 15.0 Å². The Morgan fingerprint density at radius 2 is 2.24 bits per heavy atom. The van der Waals surface area contributed by atoms with Gasteiger partial charge in [0.15, 0.2) is 5.84 Å². The second kappa shape index (κ2) is 5.62. The fraction of sp³-hybridized carbons (Fsp3) is 0.0909. The lowest BCUT2D eigenvalue weighted by Crippen LogP contribution is -2.15. The van der Waals surface area contributed by atoms with Gasteiger partial charge in [0.05, 0.1) is 16.9 Å². The molecule has 4 N–H and O–H groups in total. The van der Waals surface area contributed by atoms with Crippen molar-refractivity contribution in [2.75, 3.05) is 4.72 Å². The molecule has 0 saturated carbocycles. The molecule has 8 nitrogen and oxygen atoms in total. The first-order valence-corrected chi connectivity index (χ1v) is 7.48. The molecule has 1 aromatic heterocycles. The van der Waals surface area contributed by atoms with Gasteiger partial charge in [-0.1, -0.05) is 16.8 Å². The molecule has 0 aliphatic carbocycles. The van der Waals surface area contributed by atoms with Crippen LogP contribution in [-0.2, 0) is 17.1 Å². The van der Waals surface area contributed by atoms with Gasteiger partial charge in [0.2, 0.25) is 0 Å². The van der Waals surface area contributed by atoms with Gasteiger partial charge in [-0.2, -0.15) is 5.10 Å². The predicted octanol–water partition coefficient (Wildman–Crippen LogP) is 0.969. The highest BCUT2D eigenvalue weighted by molar-refractivity contribution is 7.92. The zero-order chi connectivity index (χ0) is 15.6. The van der Waals surface area contributed by atoms with Gasteiger partial charge in [-0.3, -0.25) is 9.40 Å². The molecule has 0 amide bonds. The maximum absolute atomic E-state index is 12.1. The number of nitrogens with two attached hydrogens (primary N) is 1. The normalized spacial score (nSPS) is 12.4. The zero-order valence-corrected chi connectivity index (χ0v) is 12.4. The van der Waals surface area contributed by atoms with Crippen LogP contribution in [0.15, 0.2) is 40.6 Å². The first kappa shape index (κ1) is 15.1. The number of aryl methyl sites for hydroxylation is 1. The van der Waals surface area contributed by atoms with Crippen molar-refractivity contribution in [3.63, 3.8) is 0 Å². The van der Waals surface area contributed by atoms with Gasteiger partial charge < -0.3 is 10.9 Å². The second-order valence-corrected chi connectivity index (χ2v) is 6.22. The number of nitrogens with zero attached hydrogens (tertiary/aromatic N) is 3. The molecule has 112 valence electrons. The highest BCUT2D eigenvalue weighted by atomic mass is 35.5. The van der Waals surface area contributed by atoms with E-state index in [1.54, 1.807) is 7.05 Å². The van der Waals surface area contributed by atoms with Crippen molar-refractivity contribution in [2.24, 2.45) is 17.9 Å². The van der Waals surface area contributed by atoms with E-state index >= 15 is 0 Å². The predicted molar refractivity (Wildman–Crippen MR) is 78.0 cm³/mol. The van der Waals surface area contributed by atoms with Gasteiger partial charge in [-0.15, -0.1) is 0 Å². The molecule has 0 bridgehead atoms. The second-order valence-electron chi connectivity index (χ2n) is 4.14. The average Bonchev–Trinajstić information content (AvgIpc) is 2.87. The summed E-state index contributed by atoms with van der Waals surface area (Å²) in [6.07, 6.45) is 2.59. The summed E-state index contributed by atoms with van der Waals surface area (Å²) in [6.45, 7) is 0. The smallest absolute Gasteiger partial charge is 0.265 e. The lowest BCUT2D eigenvalue weighted by molar-refractivity contribution is 0.318. The zero-order valence-electron chi connectivity index (χ0n) is 10.9. The summed E-state index contributed by atoms with van der Waals surface area (Å²) in [4.78, 5) is 0.0153. The number of amidine groups is 1. The third kappa shape index (κ3) is 3.26. The molecular formula is C11H12ClN5O3S. The van der Waals surface area contributed by atoms with E-state index in [0.29, 0.717) is 5.56 Å². The molecule has 0 aliphatic rings. The van der Waals surface area contributed by atoms with E-state index in [4.69, 9.17) is 22.5 Å². The highest BCUT2D eigenvalue weighted by Crippen LogP contribution is 2.25. The average molecular weight is 330 g/mol. The number of sulfonamides is 1. The number of nitrogens with one attached hydrogen (secondary N) is 1. The third-order valence-electron chi connectivity index (χ3n) is 2.61. The van der Waals surface area contributed by atoms with E-state index in [1.165, 1.54) is 35.3 Å². The Hall–Kier alpha value is -2.26. The topological polar surface area (TPSA) is 123 Å². The van der Waals surface area contributed by atoms with Gasteiger partial charge in [0, 0.05) is 18.8 Å². The Balaban J connectivity index is 2.32. The minimum absolute atomic E-state index is 0.0153. The van der Waals surface area contributed by atoms with Crippen molar-refractivity contribution in [2.45, 2.75) is 4.90 Å². The quantitative estimate of drug-likeness (QED) is 0.334. The van der Waals surface area contributed by atoms with E-state index in [0.717, 1.165) is 0 Å². The maximum Gasteiger partial charge on any atom is 0.265 e. The lowest BCUT2D eigenvalue weighted by atomic mass is 10.2. The molecule has 1 aromatic carbocycles. The molecule has 0 aliphatic heterocycles. The van der Waals surface area contributed by atoms with Crippen LogP contribution in [0.3, 0.4) is 0 Å². The maximum atomic E-state index is 12.1. The largest absolute Gasteiger partial charge is 0.409 e. The van der Waals surface area contributed by atoms with Gasteiger partial charge in [-0.25, -0.2) is 8.42 Å². The molecule has 0 spiro atoms. The number of anilines is 1. The molecule has 0 saturated heterocycles. The van der Waals surface area contributed by atoms with Crippen LogP contribution in [0.2, 0.25) is 5.02 Å². The molecule has 21 heavy (non-hydrogen) atoms. The van der Waals surface area contributed by atoms with Crippen LogP contribution in [0.5, 0.6) is 0 Å². The van der Waals surface area contributed by atoms with Crippen LogP contribution in [0.4, 0.5) is 5.69 Å². The molecule has 0 unspecified atom stereocenters. The first-order chi connectivity index (χ1) is 9.83. The van der Waals surface area contributed by atoms with Crippen molar-refractivity contribution in [3.05, 3.63) is 41.2 Å². The number of oxime groups is 1. The Kier molecular flexibility index (Phi) is 4.05. The number of hydrogen-bond acceptors (Lipinski definition) is 5. The number of hydrogen-bond donors (Lipinski definition) is 3. The van der Waals surface area contributed by atoms with E-state index < -0.39 is 10.0 Å². The Labute approximate surface area is 125 Å². The van der Waals surface area contributed by atoms with Gasteiger partial charge in [0.25, 0.3) is 10.0 Å². The van der Waals surface area contributed by atoms with Crippen LogP contribution in [-0.4, -0.2) is 29.2 Å². The Morgan fingerprint density at radius 3 is 2.76 bits per heavy atom. The first-order valence-electron chi connectivity index (χ1n) is 5.62. The number of rotatable bonds is 4. The van der Waals surface area contributed by atoms with E-state index in [-0.39, 0.29) is 21.4 Å². The van der Waals surface area contributed by atoms with Gasteiger partial charge >= 0.3 is 0 Å². The van der Waals surface area contributed by atoms with Crippen LogP contribution in [0.1, 0.15) is 5.56 Å². The Morgan fingerprint density at radius 1 is 1.52 bits per heavy atom. The lowest BCUT2D eigenvalue weighted by Gasteiger charge is -2.09. The third-order valence-corrected chi connectivity index (χ3v) is 4.24. The number of aromatic nitrogens is 2. The van der Waals surface area contributed by atoms with Crippen LogP contribution in [0.25, 0.3) is 0 Å². The molecule has 0 fully saturated rings. The molecule has 0 radical (unpaired) electrons. The summed E-state index contributed by atoms with van der Waals surface area (Å²) in [5.74, 6) is -0.126. The fourth-order valence-electron chi connectivity index (χ4n) is 1.56. The molecule has 2 aromatic rings. The minimum Gasteiger partial charge on any atom is -0.409 e. The molecular weight excluding hydrogens is 318 g/mol. The van der Waals surface area contributed by atoms with E-state index in [9.17, 15) is 8.42 Å². The van der Waals surface area contributed by atoms with Gasteiger partial charge in [0.1, 0.15) is 4.90 Å². The van der Waals surface area contributed by atoms with Crippen molar-refractivity contribution in [3.8, 4) is 0 Å². The molecule has 2 rings (SSSR count). The SMILES string of the molecule is Cn1cc(S(=O)(=O)Nc2ccc(/C(N)=N/O)cc2Cl)cn1. The highest BCUT2D eigenvalue weighted by Gasteiger charge is 2.18. The standard InChI is InChI=1S/C11H12ClN5O3S/c1-17-6-8(5-14-17)21(19,20)16-10-3-2-7(4-9(10)12)11(13)15-18/h2-6,16,18H,1H3,(H2,13,15). The molecule has 10 heteroatoms. The summed E-state index contributed by atoms with van der Waals surface area (Å²) in [7, 11) is -2.17. The molecule has 1 heterocycles. The van der Waals surface area contributed by atoms with E-state index in [1.807, 2.05) is 0 Å². The summed E-state index contributed by atoms with van der Waals surface area (Å²) < 4.78 is 28.0. The van der Waals surface area contributed by atoms with Crippen molar-refractivity contribution >= 4 is 33.1 Å². The number of halogens is 1. The van der Waals surface area contributed by atoms with Crippen molar-refractivity contribution < 1.29 is 13.6 Å². The minimum atomic E-state index is -3.78. The van der Waals surface area contributed by atoms with Crippen molar-refractivity contribution in [1.82, 2.24) is 9.78 Å². The summed E-state index contributed by atoms with van der Waals surface area (Å²) in [5, 5.41) is 15.3. The van der Waals surface area contributed by atoms with Crippen LogP contribution >= 0.6 is 11.6 Å². The summed E-state index contributed by atoms with van der Waals surface area (Å²) in [6, 6.07) is 4.28. The van der Waals surface area contributed by atoms with Gasteiger partial charge in [-0.05, 0) is 18.2 Å². The monoisotopic (exact) mass is 329 g/mol. The number of benzene rings is 1. The Bertz CT molecular complexity index is 800.